The first-order valence-corrected chi connectivity index (χ1v) is 9.24. The van der Waals surface area contributed by atoms with Crippen LogP contribution >= 0.6 is 11.8 Å². The molecule has 0 bridgehead atoms. The predicted octanol–water partition coefficient (Wildman–Crippen LogP) is 1.50. The molecule has 0 aliphatic rings. The average Bonchev–Trinajstić information content (AvgIpc) is 3.17. The zero-order valence-electron chi connectivity index (χ0n) is 14.2. The molecule has 0 aliphatic heterocycles. The lowest BCUT2D eigenvalue weighted by atomic mass is 10.1. The van der Waals surface area contributed by atoms with Crippen LogP contribution in [0.5, 0.6) is 0 Å². The van der Waals surface area contributed by atoms with Crippen molar-refractivity contribution < 1.29 is 9.90 Å². The number of rotatable bonds is 7. The van der Waals surface area contributed by atoms with Gasteiger partial charge in [0.05, 0.1) is 5.69 Å². The predicted molar refractivity (Wildman–Crippen MR) is 93.6 cm³/mol. The van der Waals surface area contributed by atoms with Crippen molar-refractivity contribution >= 4 is 23.5 Å². The van der Waals surface area contributed by atoms with E-state index >= 15 is 0 Å². The lowest BCUT2D eigenvalue weighted by Gasteiger charge is -2.09. The van der Waals surface area contributed by atoms with Gasteiger partial charge in [0, 0.05) is 12.2 Å². The van der Waals surface area contributed by atoms with Crippen molar-refractivity contribution in [2.24, 2.45) is 0 Å². The van der Waals surface area contributed by atoms with Crippen LogP contribution in [0.1, 0.15) is 31.3 Å². The van der Waals surface area contributed by atoms with Crippen LogP contribution in [0.2, 0.25) is 0 Å². The molecule has 3 aromatic rings. The normalized spacial score (nSPS) is 11.5. The first kappa shape index (κ1) is 17.3. The van der Waals surface area contributed by atoms with E-state index in [1.165, 1.54) is 11.0 Å². The zero-order chi connectivity index (χ0) is 18.0. The van der Waals surface area contributed by atoms with Crippen molar-refractivity contribution in [3.63, 3.8) is 0 Å². The van der Waals surface area contributed by atoms with Gasteiger partial charge < -0.3 is 5.11 Å². The monoisotopic (exact) mass is 361 g/mol. The third-order valence-electron chi connectivity index (χ3n) is 3.63. The molecule has 0 atom stereocenters. The third kappa shape index (κ3) is 3.63. The van der Waals surface area contributed by atoms with Crippen molar-refractivity contribution in [3.05, 3.63) is 23.9 Å². The Kier molecular flexibility index (Phi) is 4.98. The van der Waals surface area contributed by atoms with Gasteiger partial charge in [-0.15, -0.1) is 0 Å². The van der Waals surface area contributed by atoms with E-state index in [9.17, 15) is 4.79 Å². The Balaban J connectivity index is 2.12. The van der Waals surface area contributed by atoms with Gasteiger partial charge in [-0.25, -0.2) is 19.2 Å². The number of aryl methyl sites for hydroxylation is 1. The van der Waals surface area contributed by atoms with E-state index in [1.54, 1.807) is 16.3 Å². The number of carboxylic acid groups (broad SMARTS) is 1. The molecule has 25 heavy (non-hydrogen) atoms. The van der Waals surface area contributed by atoms with E-state index in [0.717, 1.165) is 11.4 Å². The Morgan fingerprint density at radius 1 is 1.36 bits per heavy atom. The Morgan fingerprint density at radius 3 is 2.84 bits per heavy atom. The maximum Gasteiger partial charge on any atom is 0.325 e. The number of hydrogen-bond donors (Lipinski definition) is 1. The fourth-order valence-electron chi connectivity index (χ4n) is 2.48. The molecular formula is C15H19N7O2S. The quantitative estimate of drug-likeness (QED) is 0.674. The zero-order valence-corrected chi connectivity index (χ0v) is 15.1. The van der Waals surface area contributed by atoms with Gasteiger partial charge in [0.1, 0.15) is 18.6 Å². The molecular weight excluding hydrogens is 342 g/mol. The van der Waals surface area contributed by atoms with E-state index in [4.69, 9.17) is 5.11 Å². The highest BCUT2D eigenvalue weighted by Gasteiger charge is 2.19. The Morgan fingerprint density at radius 2 is 2.16 bits per heavy atom. The summed E-state index contributed by atoms with van der Waals surface area (Å²) in [7, 11) is 0. The standard InChI is InChI=1S/C15H19N7O2S/c1-9(2)11-6-10(18-15-16-8-17-22(11)15)14-19-12(4-5-25-3)20-21(14)7-13(23)24/h6,8-9H,4-5,7H2,1-3H3,(H,23,24). The fourth-order valence-corrected chi connectivity index (χ4v) is 2.86. The van der Waals surface area contributed by atoms with Crippen LogP contribution in [0.4, 0.5) is 0 Å². The number of fused-ring (bicyclic) bond motifs is 1. The van der Waals surface area contributed by atoms with Crippen LogP contribution < -0.4 is 0 Å². The third-order valence-corrected chi connectivity index (χ3v) is 4.24. The molecule has 9 nitrogen and oxygen atoms in total. The van der Waals surface area contributed by atoms with E-state index in [-0.39, 0.29) is 12.5 Å². The second-order valence-corrected chi connectivity index (χ2v) is 6.82. The summed E-state index contributed by atoms with van der Waals surface area (Å²) >= 11 is 1.69. The van der Waals surface area contributed by atoms with Crippen LogP contribution in [0, 0.1) is 0 Å². The summed E-state index contributed by atoms with van der Waals surface area (Å²) in [6.45, 7) is 3.83. The minimum absolute atomic E-state index is 0.192. The summed E-state index contributed by atoms with van der Waals surface area (Å²) in [6, 6.07) is 1.87. The van der Waals surface area contributed by atoms with E-state index in [1.807, 2.05) is 26.2 Å². The highest BCUT2D eigenvalue weighted by atomic mass is 32.2. The minimum atomic E-state index is -0.977. The van der Waals surface area contributed by atoms with Gasteiger partial charge in [-0.1, -0.05) is 13.8 Å². The van der Waals surface area contributed by atoms with Crippen LogP contribution in [-0.4, -0.2) is 57.4 Å². The number of aliphatic carboxylic acids is 1. The molecule has 0 radical (unpaired) electrons. The number of aromatic nitrogens is 7. The van der Waals surface area contributed by atoms with Gasteiger partial charge in [0.15, 0.2) is 11.6 Å². The molecule has 3 rings (SSSR count). The molecule has 0 spiro atoms. The molecule has 0 unspecified atom stereocenters. The molecule has 1 N–H and O–H groups in total. The van der Waals surface area contributed by atoms with Gasteiger partial charge in [0.2, 0.25) is 0 Å². The van der Waals surface area contributed by atoms with Crippen molar-refractivity contribution in [3.8, 4) is 11.5 Å². The van der Waals surface area contributed by atoms with Crippen molar-refractivity contribution in [1.82, 2.24) is 34.3 Å². The summed E-state index contributed by atoms with van der Waals surface area (Å²) < 4.78 is 3.07. The topological polar surface area (TPSA) is 111 Å². The highest BCUT2D eigenvalue weighted by molar-refractivity contribution is 7.98. The second kappa shape index (κ2) is 7.18. The maximum absolute atomic E-state index is 11.2. The number of thioether (sulfide) groups is 1. The van der Waals surface area contributed by atoms with Gasteiger partial charge in [-0.05, 0) is 18.2 Å². The van der Waals surface area contributed by atoms with Crippen LogP contribution in [0.15, 0.2) is 12.4 Å². The lowest BCUT2D eigenvalue weighted by molar-refractivity contribution is -0.137. The average molecular weight is 361 g/mol. The summed E-state index contributed by atoms with van der Waals surface area (Å²) in [5, 5.41) is 17.7. The molecule has 3 heterocycles. The lowest BCUT2D eigenvalue weighted by Crippen LogP contribution is -2.13. The Hall–Kier alpha value is -2.49. The van der Waals surface area contributed by atoms with Crippen LogP contribution in [-0.2, 0) is 17.8 Å². The Labute approximate surface area is 148 Å². The molecule has 0 aromatic carbocycles. The van der Waals surface area contributed by atoms with Crippen molar-refractivity contribution in [2.75, 3.05) is 12.0 Å². The Bertz CT molecular complexity index is 903. The van der Waals surface area contributed by atoms with Gasteiger partial charge in [-0.3, -0.25) is 4.79 Å². The molecule has 10 heteroatoms. The SMILES string of the molecule is CSCCc1nc(-c2cc(C(C)C)n3ncnc3n2)n(CC(=O)O)n1. The fraction of sp³-hybridized carbons (Fsp3) is 0.467. The second-order valence-electron chi connectivity index (χ2n) is 5.84. The summed E-state index contributed by atoms with van der Waals surface area (Å²) in [6.07, 6.45) is 4.12. The number of carbonyl (C=O) groups is 1. The van der Waals surface area contributed by atoms with Crippen molar-refractivity contribution in [1.29, 1.82) is 0 Å². The molecule has 0 fully saturated rings. The molecule has 0 saturated heterocycles. The first-order chi connectivity index (χ1) is 12.0. The number of nitrogens with zero attached hydrogens (tertiary/aromatic N) is 7. The molecule has 3 aromatic heterocycles. The smallest absolute Gasteiger partial charge is 0.325 e. The van der Waals surface area contributed by atoms with Crippen LogP contribution in [0.25, 0.3) is 17.3 Å². The summed E-state index contributed by atoms with van der Waals surface area (Å²) in [4.78, 5) is 24.3. The summed E-state index contributed by atoms with van der Waals surface area (Å²) in [5.74, 6) is 1.58. The van der Waals surface area contributed by atoms with E-state index in [0.29, 0.717) is 29.5 Å². The van der Waals surface area contributed by atoms with Crippen LogP contribution in [0.3, 0.4) is 0 Å². The van der Waals surface area contributed by atoms with Gasteiger partial charge >= 0.3 is 5.97 Å². The molecule has 0 saturated carbocycles. The molecule has 132 valence electrons. The molecule has 0 amide bonds. The maximum atomic E-state index is 11.2. The number of hydrogen-bond acceptors (Lipinski definition) is 7. The number of carboxylic acids is 1. The van der Waals surface area contributed by atoms with E-state index in [2.05, 4.69) is 25.1 Å². The summed E-state index contributed by atoms with van der Waals surface area (Å²) in [5.41, 5.74) is 1.47. The van der Waals surface area contributed by atoms with E-state index < -0.39 is 5.97 Å². The van der Waals surface area contributed by atoms with Gasteiger partial charge in [-0.2, -0.15) is 26.9 Å². The minimum Gasteiger partial charge on any atom is -0.480 e. The van der Waals surface area contributed by atoms with Gasteiger partial charge in [0.25, 0.3) is 5.78 Å². The molecule has 0 aliphatic carbocycles. The first-order valence-electron chi connectivity index (χ1n) is 7.85. The largest absolute Gasteiger partial charge is 0.480 e. The van der Waals surface area contributed by atoms with Crippen molar-refractivity contribution in [2.45, 2.75) is 32.7 Å². The highest BCUT2D eigenvalue weighted by Crippen LogP contribution is 2.22.